The number of aryl methyl sites for hydroxylation is 1. The fourth-order valence-electron chi connectivity index (χ4n) is 2.53. The van der Waals surface area contributed by atoms with Gasteiger partial charge in [-0.25, -0.2) is 14.4 Å². The lowest BCUT2D eigenvalue weighted by molar-refractivity contribution is -0.109. The zero-order chi connectivity index (χ0) is 18.5. The van der Waals surface area contributed by atoms with Crippen molar-refractivity contribution >= 4 is 29.5 Å². The van der Waals surface area contributed by atoms with Crippen molar-refractivity contribution in [1.82, 2.24) is 9.97 Å². The van der Waals surface area contributed by atoms with E-state index >= 15 is 0 Å². The van der Waals surface area contributed by atoms with E-state index in [1.807, 2.05) is 6.92 Å². The van der Waals surface area contributed by atoms with E-state index in [0.29, 0.717) is 30.4 Å². The van der Waals surface area contributed by atoms with Gasteiger partial charge >= 0.3 is 0 Å². The molecule has 1 N–H and O–H groups in total. The molecule has 2 heterocycles. The van der Waals surface area contributed by atoms with E-state index in [1.54, 1.807) is 18.3 Å². The van der Waals surface area contributed by atoms with E-state index in [-0.39, 0.29) is 11.6 Å². The van der Waals surface area contributed by atoms with E-state index < -0.39 is 11.9 Å². The molecule has 1 aromatic heterocycles. The molecule has 136 valence electrons. The van der Waals surface area contributed by atoms with Crippen LogP contribution in [0.2, 0.25) is 5.02 Å². The average molecular weight is 377 g/mol. The lowest BCUT2D eigenvalue weighted by atomic mass is 10.1. The zero-order valence-electron chi connectivity index (χ0n) is 14.2. The number of carbonyl (C=O) groups excluding carboxylic acids is 1. The fraction of sp³-hybridized carbons (Fsp3) is 0.333. The highest BCUT2D eigenvalue weighted by Gasteiger charge is 2.24. The number of rotatable bonds is 7. The molecule has 0 bridgehead atoms. The van der Waals surface area contributed by atoms with Gasteiger partial charge in [0, 0.05) is 0 Å². The van der Waals surface area contributed by atoms with E-state index in [9.17, 15) is 9.18 Å². The van der Waals surface area contributed by atoms with Crippen LogP contribution in [0.15, 0.2) is 29.4 Å². The average Bonchev–Trinajstić information content (AvgIpc) is 2.66. The third kappa shape index (κ3) is 4.23. The van der Waals surface area contributed by atoms with Crippen LogP contribution in [0.5, 0.6) is 0 Å². The molecule has 0 fully saturated rings. The summed E-state index contributed by atoms with van der Waals surface area (Å²) in [5.74, 6) is 0.603. The summed E-state index contributed by atoms with van der Waals surface area (Å²) < 4.78 is 18.7. The topological polar surface area (TPSA) is 76.5 Å². The Kier molecular flexibility index (Phi) is 5.90. The molecule has 2 aromatic rings. The number of aromatic nitrogens is 2. The summed E-state index contributed by atoms with van der Waals surface area (Å²) in [6.45, 7) is 2.58. The molecule has 1 unspecified atom stereocenters. The summed E-state index contributed by atoms with van der Waals surface area (Å²) >= 11 is 5.76. The maximum Gasteiger partial charge on any atom is 0.155 e. The number of anilines is 1. The second-order valence-corrected chi connectivity index (χ2v) is 6.19. The third-order valence-electron chi connectivity index (χ3n) is 3.94. The van der Waals surface area contributed by atoms with Crippen LogP contribution in [-0.4, -0.2) is 35.3 Å². The minimum absolute atomic E-state index is 0.0938. The zero-order valence-corrected chi connectivity index (χ0v) is 15.0. The van der Waals surface area contributed by atoms with Gasteiger partial charge in [0.2, 0.25) is 0 Å². The maximum absolute atomic E-state index is 13.1. The number of fused-ring (bicyclic) bond motifs is 1. The second-order valence-electron chi connectivity index (χ2n) is 5.78. The Hall–Kier alpha value is -2.38. The largest absolute Gasteiger partial charge is 0.373 e. The maximum atomic E-state index is 13.1. The summed E-state index contributed by atoms with van der Waals surface area (Å²) in [7, 11) is 0. The van der Waals surface area contributed by atoms with Crippen LogP contribution in [0.1, 0.15) is 29.9 Å². The lowest BCUT2D eigenvalue weighted by Crippen LogP contribution is -2.27. The van der Waals surface area contributed by atoms with Crippen molar-refractivity contribution in [2.75, 3.05) is 18.5 Å². The Morgan fingerprint density at radius 1 is 1.42 bits per heavy atom. The summed E-state index contributed by atoms with van der Waals surface area (Å²) in [6.07, 6.45) is 3.74. The van der Waals surface area contributed by atoms with Crippen LogP contribution in [0.3, 0.4) is 0 Å². The number of ether oxygens (including phenoxy) is 1. The van der Waals surface area contributed by atoms with Gasteiger partial charge < -0.3 is 14.8 Å². The van der Waals surface area contributed by atoms with Gasteiger partial charge in [0.25, 0.3) is 0 Å². The molecule has 3 rings (SSSR count). The molecule has 0 aliphatic carbocycles. The lowest BCUT2D eigenvalue weighted by Gasteiger charge is -2.21. The minimum atomic E-state index is -0.681. The Labute approximate surface area is 155 Å². The van der Waals surface area contributed by atoms with E-state index in [2.05, 4.69) is 20.3 Å². The normalized spacial score (nSPS) is 15.8. The number of nitrogens with one attached hydrogen (secondary N) is 1. The van der Waals surface area contributed by atoms with Gasteiger partial charge in [-0.15, -0.1) is 0 Å². The van der Waals surface area contributed by atoms with Gasteiger partial charge in [0.15, 0.2) is 18.1 Å². The number of amidine groups is 1. The molecule has 0 saturated carbocycles. The third-order valence-corrected chi connectivity index (χ3v) is 4.23. The number of carbonyl (C=O) groups is 1. The van der Waals surface area contributed by atoms with Crippen molar-refractivity contribution in [1.29, 1.82) is 0 Å². The van der Waals surface area contributed by atoms with Gasteiger partial charge in [-0.3, -0.25) is 4.99 Å². The SMILES string of the molecule is CCc1cnc2c(n1)C(C=O)N=C(COCCc1ccc(F)c(Cl)c1)N2. The van der Waals surface area contributed by atoms with Crippen LogP contribution in [0, 0.1) is 5.82 Å². The number of benzene rings is 1. The van der Waals surface area contributed by atoms with Gasteiger partial charge in [-0.2, -0.15) is 0 Å². The van der Waals surface area contributed by atoms with Crippen molar-refractivity contribution < 1.29 is 13.9 Å². The summed E-state index contributed by atoms with van der Waals surface area (Å²) in [5, 5.41) is 3.14. The van der Waals surface area contributed by atoms with Crippen LogP contribution in [-0.2, 0) is 22.4 Å². The minimum Gasteiger partial charge on any atom is -0.373 e. The quantitative estimate of drug-likeness (QED) is 0.593. The highest BCUT2D eigenvalue weighted by atomic mass is 35.5. The molecule has 0 radical (unpaired) electrons. The first-order valence-electron chi connectivity index (χ1n) is 8.27. The van der Waals surface area contributed by atoms with E-state index in [4.69, 9.17) is 16.3 Å². The van der Waals surface area contributed by atoms with Crippen LogP contribution in [0.25, 0.3) is 0 Å². The molecule has 1 aromatic carbocycles. The van der Waals surface area contributed by atoms with Gasteiger partial charge in [0.05, 0.1) is 23.5 Å². The number of aldehydes is 1. The summed E-state index contributed by atoms with van der Waals surface area (Å²) in [4.78, 5) is 24.4. The summed E-state index contributed by atoms with van der Waals surface area (Å²) in [6, 6.07) is 3.90. The fourth-order valence-corrected chi connectivity index (χ4v) is 2.74. The van der Waals surface area contributed by atoms with Crippen molar-refractivity contribution in [3.8, 4) is 0 Å². The monoisotopic (exact) mass is 376 g/mol. The Morgan fingerprint density at radius 2 is 2.27 bits per heavy atom. The number of hydrogen-bond donors (Lipinski definition) is 1. The van der Waals surface area contributed by atoms with E-state index in [1.165, 1.54) is 6.07 Å². The Bertz CT molecular complexity index is 844. The number of nitrogens with zero attached hydrogens (tertiary/aromatic N) is 3. The molecule has 1 aliphatic rings. The van der Waals surface area contributed by atoms with Crippen LogP contribution >= 0.6 is 11.6 Å². The van der Waals surface area contributed by atoms with Gasteiger partial charge in [-0.05, 0) is 30.5 Å². The number of halogens is 2. The molecule has 0 saturated heterocycles. The molecule has 1 atom stereocenters. The molecule has 1 aliphatic heterocycles. The predicted molar refractivity (Wildman–Crippen MR) is 97.2 cm³/mol. The van der Waals surface area contributed by atoms with Crippen molar-refractivity contribution in [3.05, 3.63) is 52.2 Å². The van der Waals surface area contributed by atoms with E-state index in [0.717, 1.165) is 24.0 Å². The second kappa shape index (κ2) is 8.33. The first-order chi connectivity index (χ1) is 12.6. The van der Waals surface area contributed by atoms with Crippen molar-refractivity contribution in [2.24, 2.45) is 4.99 Å². The Balaban J connectivity index is 1.57. The molecular weight excluding hydrogens is 359 g/mol. The molecule has 26 heavy (non-hydrogen) atoms. The number of hydrogen-bond acceptors (Lipinski definition) is 6. The van der Waals surface area contributed by atoms with Gasteiger partial charge in [0.1, 0.15) is 24.0 Å². The summed E-state index contributed by atoms with van der Waals surface area (Å²) in [5.41, 5.74) is 2.22. The highest BCUT2D eigenvalue weighted by Crippen LogP contribution is 2.25. The molecule has 0 spiro atoms. The molecule has 6 nitrogen and oxygen atoms in total. The molecular formula is C18H18ClFN4O2. The van der Waals surface area contributed by atoms with Crippen molar-refractivity contribution in [2.45, 2.75) is 25.8 Å². The highest BCUT2D eigenvalue weighted by molar-refractivity contribution is 6.30. The number of aliphatic imine (C=N–C) groups is 1. The molecule has 0 amide bonds. The molecule has 8 heteroatoms. The standard InChI is InChI=1S/C18H18ClFN4O2/c1-2-12-8-21-18-17(22-12)15(9-25)23-16(24-18)10-26-6-5-11-3-4-14(20)13(19)7-11/h3-4,7-9,15H,2,5-6,10H2,1H3,(H,21,23,24). The van der Waals surface area contributed by atoms with Crippen LogP contribution < -0.4 is 5.32 Å². The first kappa shape index (κ1) is 18.4. The van der Waals surface area contributed by atoms with Gasteiger partial charge in [-0.1, -0.05) is 24.6 Å². The Morgan fingerprint density at radius 3 is 3.00 bits per heavy atom. The van der Waals surface area contributed by atoms with Crippen LogP contribution in [0.4, 0.5) is 10.2 Å². The van der Waals surface area contributed by atoms with Crippen molar-refractivity contribution in [3.63, 3.8) is 0 Å². The predicted octanol–water partition coefficient (Wildman–Crippen LogP) is 3.15. The smallest absolute Gasteiger partial charge is 0.155 e. The first-order valence-corrected chi connectivity index (χ1v) is 8.65.